The monoisotopic (exact) mass is 464 g/mol. The summed E-state index contributed by atoms with van der Waals surface area (Å²) in [5, 5.41) is 18.6. The van der Waals surface area contributed by atoms with Gasteiger partial charge in [-0.15, -0.1) is 0 Å². The number of hydrogen-bond donors (Lipinski definition) is 2. The maximum absolute atomic E-state index is 13.9. The lowest BCUT2D eigenvalue weighted by molar-refractivity contribution is -0.164. The quantitative estimate of drug-likeness (QED) is 0.421. The van der Waals surface area contributed by atoms with Gasteiger partial charge in [0.25, 0.3) is 6.43 Å². The van der Waals surface area contributed by atoms with Crippen LogP contribution >= 0.6 is 0 Å². The highest BCUT2D eigenvalue weighted by Gasteiger charge is 2.45. The van der Waals surface area contributed by atoms with Crippen LogP contribution in [0.4, 0.5) is 26.3 Å². The van der Waals surface area contributed by atoms with Crippen molar-refractivity contribution >= 4 is 5.97 Å². The number of nitrogens with one attached hydrogen (secondary N) is 1. The highest BCUT2D eigenvalue weighted by molar-refractivity contribution is 5.73. The Hall–Kier alpha value is -2.59. The van der Waals surface area contributed by atoms with Crippen LogP contribution in [0.15, 0.2) is 48.5 Å². The van der Waals surface area contributed by atoms with Gasteiger partial charge in [0.2, 0.25) is 0 Å². The molecule has 176 valence electrons. The minimum atomic E-state index is -4.82. The molecular formula is C22H24F6NO3+. The molecule has 0 fully saturated rings. The molecule has 4 N–H and O–H groups in total. The summed E-state index contributed by atoms with van der Waals surface area (Å²) in [6, 6.07) is 6.64. The lowest BCUT2D eigenvalue weighted by Crippen LogP contribution is -2.47. The van der Waals surface area contributed by atoms with Gasteiger partial charge in [0, 0.05) is 11.2 Å². The fraction of sp³-hybridized carbons (Fsp3) is 0.409. The zero-order chi connectivity index (χ0) is 24.3. The van der Waals surface area contributed by atoms with Gasteiger partial charge < -0.3 is 10.2 Å². The van der Waals surface area contributed by atoms with Crippen molar-refractivity contribution in [3.63, 3.8) is 0 Å². The Morgan fingerprint density at radius 3 is 1.72 bits per heavy atom. The van der Waals surface area contributed by atoms with E-state index in [4.69, 9.17) is 5.11 Å². The molecule has 3 atom stereocenters. The van der Waals surface area contributed by atoms with Gasteiger partial charge in [0.05, 0.1) is 0 Å². The molecular weight excluding hydrogens is 440 g/mol. The first kappa shape index (κ1) is 25.7. The van der Waals surface area contributed by atoms with E-state index in [2.05, 4.69) is 5.32 Å². The van der Waals surface area contributed by atoms with E-state index in [0.717, 1.165) is 13.8 Å². The third-order valence-corrected chi connectivity index (χ3v) is 4.77. The predicted molar refractivity (Wildman–Crippen MR) is 107 cm³/mol. The molecule has 2 aromatic rings. The van der Waals surface area contributed by atoms with Crippen LogP contribution in [0.3, 0.4) is 0 Å². The van der Waals surface area contributed by atoms with Gasteiger partial charge in [-0.25, -0.2) is 13.2 Å². The van der Waals surface area contributed by atoms with Crippen molar-refractivity contribution in [1.29, 1.82) is 0 Å². The molecule has 0 amide bonds. The van der Waals surface area contributed by atoms with E-state index in [9.17, 15) is 36.2 Å². The Morgan fingerprint density at radius 2 is 1.38 bits per heavy atom. The summed E-state index contributed by atoms with van der Waals surface area (Å²) in [5.41, 5.74) is -1.18. The van der Waals surface area contributed by atoms with Gasteiger partial charge in [-0.1, -0.05) is 48.5 Å². The van der Waals surface area contributed by atoms with Gasteiger partial charge in [0.1, 0.15) is 17.8 Å². The Balaban J connectivity index is 2.27. The molecule has 0 radical (unpaired) electrons. The highest BCUT2D eigenvalue weighted by Crippen LogP contribution is 2.35. The molecule has 0 saturated heterocycles. The third-order valence-electron chi connectivity index (χ3n) is 4.77. The van der Waals surface area contributed by atoms with Crippen LogP contribution in [0, 0.1) is 0 Å². The first-order valence-electron chi connectivity index (χ1n) is 9.62. The Bertz CT molecular complexity index is 892. The van der Waals surface area contributed by atoms with E-state index >= 15 is 0 Å². The molecule has 32 heavy (non-hydrogen) atoms. The fourth-order valence-electron chi connectivity index (χ4n) is 3.18. The summed E-state index contributed by atoms with van der Waals surface area (Å²) < 4.78 is 80.0. The summed E-state index contributed by atoms with van der Waals surface area (Å²) in [5.74, 6) is -1.35. The molecule has 0 bridgehead atoms. The Kier molecular flexibility index (Phi) is 7.95. The first-order valence-corrected chi connectivity index (χ1v) is 9.62. The lowest BCUT2D eigenvalue weighted by atomic mass is 9.96. The summed E-state index contributed by atoms with van der Waals surface area (Å²) in [6.07, 6.45) is -10.3. The number of carbonyl (C=O) groups is 1. The molecule has 0 aromatic heterocycles. The van der Waals surface area contributed by atoms with E-state index in [-0.39, 0.29) is 11.1 Å². The van der Waals surface area contributed by atoms with Crippen molar-refractivity contribution in [3.8, 4) is 11.1 Å². The molecule has 0 heterocycles. The van der Waals surface area contributed by atoms with Crippen molar-refractivity contribution in [1.82, 2.24) is 5.32 Å². The summed E-state index contributed by atoms with van der Waals surface area (Å²) in [7, 11) is 0. The Morgan fingerprint density at radius 1 is 0.938 bits per heavy atom. The van der Waals surface area contributed by atoms with Crippen molar-refractivity contribution in [2.45, 2.75) is 56.7 Å². The van der Waals surface area contributed by atoms with Gasteiger partial charge in [-0.2, -0.15) is 13.2 Å². The van der Waals surface area contributed by atoms with E-state index < -0.39 is 48.8 Å². The van der Waals surface area contributed by atoms with E-state index in [1.807, 2.05) is 0 Å². The zero-order valence-corrected chi connectivity index (χ0v) is 17.3. The SMILES string of the molecule is CC(C)(F)CC(NC(c1ccc(-c2ccc(C(O)C(F)F)cc2)cc1)C(F)(F)F)C(=O)[OH2+]. The van der Waals surface area contributed by atoms with Gasteiger partial charge in [-0.05, 0) is 36.1 Å². The normalized spacial score (nSPS) is 15.4. The topological polar surface area (TPSA) is 72.2 Å². The molecule has 0 aliphatic carbocycles. The number of alkyl halides is 6. The molecule has 3 unspecified atom stereocenters. The van der Waals surface area contributed by atoms with Crippen molar-refractivity contribution < 1.29 is 41.4 Å². The molecule has 2 aromatic carbocycles. The number of aliphatic hydroxyl groups excluding tert-OH is 1. The molecule has 0 saturated carbocycles. The number of aliphatic hydroxyl groups is 1. The molecule has 2 rings (SSSR count). The van der Waals surface area contributed by atoms with Crippen LogP contribution in [0.2, 0.25) is 0 Å². The Labute approximate surface area is 180 Å². The highest BCUT2D eigenvalue weighted by atomic mass is 19.4. The van der Waals surface area contributed by atoms with Gasteiger partial charge in [0.15, 0.2) is 6.04 Å². The van der Waals surface area contributed by atoms with Crippen LogP contribution in [0.25, 0.3) is 11.1 Å². The second kappa shape index (κ2) is 9.91. The summed E-state index contributed by atoms with van der Waals surface area (Å²) in [6.45, 7) is 2.21. The van der Waals surface area contributed by atoms with Crippen LogP contribution < -0.4 is 5.32 Å². The zero-order valence-electron chi connectivity index (χ0n) is 17.3. The largest absolute Gasteiger partial charge is 0.564 e. The van der Waals surface area contributed by atoms with Gasteiger partial charge in [-0.3, -0.25) is 5.32 Å². The van der Waals surface area contributed by atoms with Crippen molar-refractivity contribution in [3.05, 3.63) is 59.7 Å². The first-order chi connectivity index (χ1) is 14.7. The number of benzene rings is 2. The second-order valence-electron chi connectivity index (χ2n) is 8.00. The second-order valence-corrected chi connectivity index (χ2v) is 8.00. The van der Waals surface area contributed by atoms with Crippen LogP contribution in [0.5, 0.6) is 0 Å². The molecule has 0 aliphatic rings. The standard InChI is InChI=1S/C22H23F6NO3/c1-21(2,25)11-16(20(31)32)29-18(22(26,27)28)15-9-5-13(6-10-15)12-3-7-14(8-4-12)17(30)19(23)24/h3-10,16-19,29-30H,11H2,1-2H3,(H,31,32)/p+1. The number of carbonyl (C=O) groups excluding carboxylic acids is 1. The van der Waals surface area contributed by atoms with Crippen molar-refractivity contribution in [2.75, 3.05) is 0 Å². The average molecular weight is 464 g/mol. The van der Waals surface area contributed by atoms with Gasteiger partial charge >= 0.3 is 12.1 Å². The minimum absolute atomic E-state index is 0.00333. The number of hydrogen-bond acceptors (Lipinski definition) is 3. The maximum Gasteiger partial charge on any atom is 0.533 e. The fourth-order valence-corrected chi connectivity index (χ4v) is 3.18. The molecule has 4 nitrogen and oxygen atoms in total. The van der Waals surface area contributed by atoms with E-state index in [1.54, 1.807) is 0 Å². The molecule has 0 aliphatic heterocycles. The van der Waals surface area contributed by atoms with Crippen molar-refractivity contribution in [2.24, 2.45) is 0 Å². The third kappa shape index (κ3) is 6.96. The predicted octanol–water partition coefficient (Wildman–Crippen LogP) is 4.60. The number of rotatable bonds is 9. The van der Waals surface area contributed by atoms with Crippen LogP contribution in [0.1, 0.15) is 43.5 Å². The molecule has 0 spiro atoms. The van der Waals surface area contributed by atoms with Crippen LogP contribution in [-0.2, 0) is 4.79 Å². The molecule has 10 heteroatoms. The maximum atomic E-state index is 13.9. The average Bonchev–Trinajstić information content (AvgIpc) is 2.69. The van der Waals surface area contributed by atoms with Crippen LogP contribution in [-0.4, -0.2) is 40.5 Å². The minimum Gasteiger partial charge on any atom is -0.564 e. The van der Waals surface area contributed by atoms with E-state index in [0.29, 0.717) is 11.1 Å². The number of halogens is 6. The van der Waals surface area contributed by atoms with E-state index in [1.165, 1.54) is 48.5 Å². The summed E-state index contributed by atoms with van der Waals surface area (Å²) in [4.78, 5) is 11.5. The smallest absolute Gasteiger partial charge is 0.533 e. The lowest BCUT2D eigenvalue weighted by Gasteiger charge is -2.26. The summed E-state index contributed by atoms with van der Waals surface area (Å²) >= 11 is 0.